The van der Waals surface area contributed by atoms with Gasteiger partial charge in [-0.05, 0) is 18.8 Å². The van der Waals surface area contributed by atoms with E-state index in [0.29, 0.717) is 12.8 Å². The molecule has 0 aliphatic heterocycles. The van der Waals surface area contributed by atoms with Crippen LogP contribution < -0.4 is 16.4 Å². The molecule has 8 heteroatoms. The first-order valence-corrected chi connectivity index (χ1v) is 8.06. The molecule has 0 unspecified atom stereocenters. The van der Waals surface area contributed by atoms with E-state index in [1.807, 2.05) is 20.8 Å². The van der Waals surface area contributed by atoms with E-state index in [1.54, 1.807) is 0 Å². The smallest absolute Gasteiger partial charge is 0.327 e. The fraction of sp³-hybridized carbons (Fsp3) is 0.786. The molecule has 0 aliphatic rings. The van der Waals surface area contributed by atoms with Crippen LogP contribution in [0.5, 0.6) is 0 Å². The average molecular weight is 333 g/mol. The molecular formula is C14H27N3O4S. The van der Waals surface area contributed by atoms with Crippen molar-refractivity contribution in [3.63, 3.8) is 0 Å². The highest BCUT2D eigenvalue weighted by Gasteiger charge is 2.27. The Morgan fingerprint density at radius 1 is 1.14 bits per heavy atom. The van der Waals surface area contributed by atoms with Crippen LogP contribution in [0.15, 0.2) is 0 Å². The maximum atomic E-state index is 12.2. The summed E-state index contributed by atoms with van der Waals surface area (Å²) in [5.74, 6) is -1.98. The molecule has 0 radical (unpaired) electrons. The van der Waals surface area contributed by atoms with Crippen LogP contribution in [-0.4, -0.2) is 46.8 Å². The molecule has 0 aromatic heterocycles. The maximum Gasteiger partial charge on any atom is 0.327 e. The van der Waals surface area contributed by atoms with Gasteiger partial charge in [0.25, 0.3) is 0 Å². The summed E-state index contributed by atoms with van der Waals surface area (Å²) in [6, 6.07) is -2.57. The highest BCUT2D eigenvalue weighted by molar-refractivity contribution is 7.80. The molecule has 2 amide bonds. The minimum absolute atomic E-state index is 0.0290. The van der Waals surface area contributed by atoms with Crippen molar-refractivity contribution in [2.45, 2.75) is 58.2 Å². The third-order valence-corrected chi connectivity index (χ3v) is 3.44. The number of aliphatic carboxylic acids is 1. The summed E-state index contributed by atoms with van der Waals surface area (Å²) in [4.78, 5) is 35.1. The van der Waals surface area contributed by atoms with Gasteiger partial charge in [0.2, 0.25) is 11.8 Å². The van der Waals surface area contributed by atoms with Crippen molar-refractivity contribution in [2.24, 2.45) is 11.7 Å². The number of thiol groups is 1. The minimum Gasteiger partial charge on any atom is -0.480 e. The summed E-state index contributed by atoms with van der Waals surface area (Å²) in [6.45, 7) is 5.73. The van der Waals surface area contributed by atoms with Gasteiger partial charge in [0.15, 0.2) is 0 Å². The third kappa shape index (κ3) is 7.65. The normalized spacial score (nSPS) is 15.0. The van der Waals surface area contributed by atoms with Gasteiger partial charge >= 0.3 is 5.97 Å². The zero-order chi connectivity index (χ0) is 17.3. The van der Waals surface area contributed by atoms with E-state index >= 15 is 0 Å². The zero-order valence-electron chi connectivity index (χ0n) is 13.3. The van der Waals surface area contributed by atoms with Crippen molar-refractivity contribution in [3.8, 4) is 0 Å². The topological polar surface area (TPSA) is 122 Å². The van der Waals surface area contributed by atoms with Crippen LogP contribution in [0.4, 0.5) is 0 Å². The van der Waals surface area contributed by atoms with Gasteiger partial charge in [0, 0.05) is 5.75 Å². The van der Waals surface area contributed by atoms with E-state index in [4.69, 9.17) is 10.8 Å². The Bertz CT molecular complexity index is 390. The van der Waals surface area contributed by atoms with Crippen LogP contribution in [0.2, 0.25) is 0 Å². The fourth-order valence-electron chi connectivity index (χ4n) is 1.88. The second kappa shape index (κ2) is 10.4. The van der Waals surface area contributed by atoms with Crippen LogP contribution in [0.3, 0.4) is 0 Å². The molecule has 0 rings (SSSR count). The molecule has 0 aromatic rings. The van der Waals surface area contributed by atoms with Crippen molar-refractivity contribution in [3.05, 3.63) is 0 Å². The summed E-state index contributed by atoms with van der Waals surface area (Å²) < 4.78 is 0. The Kier molecular flexibility index (Phi) is 9.84. The Morgan fingerprint density at radius 3 is 2.09 bits per heavy atom. The highest BCUT2D eigenvalue weighted by atomic mass is 32.1. The van der Waals surface area contributed by atoms with Crippen molar-refractivity contribution in [1.29, 1.82) is 0 Å². The van der Waals surface area contributed by atoms with Crippen molar-refractivity contribution in [2.75, 3.05) is 5.75 Å². The summed E-state index contributed by atoms with van der Waals surface area (Å²) in [5.41, 5.74) is 5.73. The Balaban J connectivity index is 4.85. The lowest BCUT2D eigenvalue weighted by molar-refractivity contribution is -0.141. The van der Waals surface area contributed by atoms with E-state index in [1.165, 1.54) is 0 Å². The van der Waals surface area contributed by atoms with Gasteiger partial charge in [-0.3, -0.25) is 9.59 Å². The van der Waals surface area contributed by atoms with Crippen molar-refractivity contribution >= 4 is 30.4 Å². The van der Waals surface area contributed by atoms with Crippen LogP contribution in [0.1, 0.15) is 40.0 Å². The summed E-state index contributed by atoms with van der Waals surface area (Å²) in [5, 5.41) is 13.9. The maximum absolute atomic E-state index is 12.2. The number of amides is 2. The van der Waals surface area contributed by atoms with Crippen LogP contribution in [0, 0.1) is 5.92 Å². The van der Waals surface area contributed by atoms with Gasteiger partial charge in [-0.2, -0.15) is 12.6 Å². The Morgan fingerprint density at radius 2 is 1.68 bits per heavy atom. The molecule has 22 heavy (non-hydrogen) atoms. The van der Waals surface area contributed by atoms with E-state index in [2.05, 4.69) is 23.3 Å². The highest BCUT2D eigenvalue weighted by Crippen LogP contribution is 2.07. The molecule has 0 heterocycles. The van der Waals surface area contributed by atoms with E-state index in [-0.39, 0.29) is 11.7 Å². The number of carbonyl (C=O) groups is 3. The van der Waals surface area contributed by atoms with Crippen LogP contribution in [-0.2, 0) is 14.4 Å². The molecule has 0 bridgehead atoms. The average Bonchev–Trinajstić information content (AvgIpc) is 2.42. The third-order valence-electron chi connectivity index (χ3n) is 3.07. The second-order valence-electron chi connectivity index (χ2n) is 5.67. The molecule has 128 valence electrons. The lowest BCUT2D eigenvalue weighted by Gasteiger charge is -2.23. The quantitative estimate of drug-likeness (QED) is 0.364. The molecule has 5 N–H and O–H groups in total. The minimum atomic E-state index is -1.17. The molecule has 0 fully saturated rings. The van der Waals surface area contributed by atoms with Gasteiger partial charge in [0.1, 0.15) is 12.1 Å². The fourth-order valence-corrected chi connectivity index (χ4v) is 2.13. The summed E-state index contributed by atoms with van der Waals surface area (Å²) in [6.07, 6.45) is 1.68. The number of hydrogen-bond acceptors (Lipinski definition) is 5. The Labute approximate surface area is 136 Å². The number of nitrogens with one attached hydrogen (secondary N) is 2. The van der Waals surface area contributed by atoms with Crippen LogP contribution >= 0.6 is 12.6 Å². The molecule has 0 saturated carbocycles. The largest absolute Gasteiger partial charge is 0.480 e. The van der Waals surface area contributed by atoms with E-state index in [9.17, 15) is 14.4 Å². The van der Waals surface area contributed by atoms with Crippen LogP contribution in [0.25, 0.3) is 0 Å². The molecule has 3 atom stereocenters. The van der Waals surface area contributed by atoms with Crippen molar-refractivity contribution < 1.29 is 19.5 Å². The first kappa shape index (κ1) is 20.7. The monoisotopic (exact) mass is 333 g/mol. The predicted molar refractivity (Wildman–Crippen MR) is 87.7 cm³/mol. The Hall–Kier alpha value is -1.28. The number of carboxylic acids is 1. The molecule has 0 spiro atoms. The first-order valence-electron chi connectivity index (χ1n) is 7.42. The van der Waals surface area contributed by atoms with Gasteiger partial charge in [0.05, 0.1) is 6.04 Å². The van der Waals surface area contributed by atoms with Gasteiger partial charge in [-0.25, -0.2) is 4.79 Å². The van der Waals surface area contributed by atoms with Gasteiger partial charge < -0.3 is 21.5 Å². The van der Waals surface area contributed by atoms with Gasteiger partial charge in [-0.1, -0.05) is 27.2 Å². The summed E-state index contributed by atoms with van der Waals surface area (Å²) >= 11 is 3.90. The SMILES string of the molecule is CCC[C@H](N)C(=O)N[C@@H](CC(C)C)C(=O)N[C@@H](CS)C(=O)O. The predicted octanol–water partition coefficient (Wildman–Crippen LogP) is 0.144. The lowest BCUT2D eigenvalue weighted by Crippen LogP contribution is -2.55. The van der Waals surface area contributed by atoms with E-state index < -0.39 is 35.9 Å². The molecule has 0 aromatic carbocycles. The van der Waals surface area contributed by atoms with E-state index in [0.717, 1.165) is 6.42 Å². The molecule has 7 nitrogen and oxygen atoms in total. The second-order valence-corrected chi connectivity index (χ2v) is 6.03. The standard InChI is InChI=1S/C14H27N3O4S/c1-4-5-9(15)12(18)16-10(6-8(2)3)13(19)17-11(7-22)14(20)21/h8-11,22H,4-7,15H2,1-3H3,(H,16,18)(H,17,19)(H,20,21)/t9-,10-,11-/m0/s1. The number of nitrogens with two attached hydrogens (primary N) is 1. The number of carboxylic acid groups (broad SMARTS) is 1. The summed E-state index contributed by atoms with van der Waals surface area (Å²) in [7, 11) is 0. The molecule has 0 aliphatic carbocycles. The van der Waals surface area contributed by atoms with Crippen molar-refractivity contribution in [1.82, 2.24) is 10.6 Å². The van der Waals surface area contributed by atoms with Gasteiger partial charge in [-0.15, -0.1) is 0 Å². The number of carbonyl (C=O) groups excluding carboxylic acids is 2. The lowest BCUT2D eigenvalue weighted by atomic mass is 10.0. The first-order chi connectivity index (χ1) is 10.2. The number of hydrogen-bond donors (Lipinski definition) is 5. The molecule has 0 saturated heterocycles. The molecular weight excluding hydrogens is 306 g/mol. The number of rotatable bonds is 10. The zero-order valence-corrected chi connectivity index (χ0v) is 14.2.